The molecule has 0 heterocycles. The summed E-state index contributed by atoms with van der Waals surface area (Å²) in [6, 6.07) is 0. The van der Waals surface area contributed by atoms with Crippen LogP contribution in [0.25, 0.3) is 0 Å². The molecule has 0 bridgehead atoms. The van der Waals surface area contributed by atoms with E-state index >= 15 is 0 Å². The summed E-state index contributed by atoms with van der Waals surface area (Å²) in [5.41, 5.74) is 3.06. The predicted octanol–water partition coefficient (Wildman–Crippen LogP) is 7.23. The number of aliphatic hydroxyl groups is 2. The van der Waals surface area contributed by atoms with E-state index in [2.05, 4.69) is 11.8 Å². The zero-order valence-electron chi connectivity index (χ0n) is 30.0. The van der Waals surface area contributed by atoms with Crippen LogP contribution in [0, 0.1) is 28.1 Å². The van der Waals surface area contributed by atoms with Crippen LogP contribution in [0.2, 0.25) is 0 Å². The zero-order chi connectivity index (χ0) is 37.0. The first-order valence-electron chi connectivity index (χ1n) is 16.3. The van der Waals surface area contributed by atoms with Crippen LogP contribution < -0.4 is 0 Å². The molecule has 0 unspecified atom stereocenters. The lowest BCUT2D eigenvalue weighted by atomic mass is 9.66. The van der Waals surface area contributed by atoms with E-state index in [0.717, 1.165) is 27.9 Å². The van der Waals surface area contributed by atoms with Crippen molar-refractivity contribution in [2.24, 2.45) is 16.2 Å². The maximum atomic E-state index is 13.0. The molecule has 0 saturated heterocycles. The molecule has 0 aromatic heterocycles. The first kappa shape index (κ1) is 41.5. The van der Waals surface area contributed by atoms with Crippen LogP contribution in [0.3, 0.4) is 0 Å². The van der Waals surface area contributed by atoms with Crippen LogP contribution in [-0.2, 0) is 24.2 Å². The Kier molecular flexibility index (Phi) is 15.1. The molecule has 1 fully saturated rings. The van der Waals surface area contributed by atoms with Crippen molar-refractivity contribution >= 4 is 22.0 Å². The lowest BCUT2D eigenvalue weighted by Crippen LogP contribution is -2.41. The van der Waals surface area contributed by atoms with Gasteiger partial charge in [-0.15, -0.1) is 0 Å². The summed E-state index contributed by atoms with van der Waals surface area (Å²) in [7, 11) is -4.54. The molecule has 0 aromatic rings. The number of Topliss-reactive ketones (excluding diaryl/α,β-unsaturated/α-hetero) is 1. The molecule has 0 aliphatic heterocycles. The third kappa shape index (κ3) is 12.6. The zero-order valence-corrected chi connectivity index (χ0v) is 30.9. The number of carbonyl (C=O) groups is 2. The van der Waals surface area contributed by atoms with E-state index in [1.54, 1.807) is 26.0 Å². The van der Waals surface area contributed by atoms with Crippen LogP contribution in [0.4, 0.5) is 0 Å². The second-order valence-electron chi connectivity index (χ2n) is 14.2. The second kappa shape index (κ2) is 17.8. The molecule has 0 spiro atoms. The molecule has 1 saturated carbocycles. The standard InChI is InChI=1S/C40H52O8S/c1-29(15-11-16-31(3)19-22-37(44)40(8)25-34(43)24-39(40,7)28-42)13-9-10-14-30(2)17-12-18-33(27-41)20-21-36-32(4)23-35(26-38(36,5)6)48-49(45,46)47/h9-19,22,35,41-42H,23-28H2,1-8H3,(H,45,46,47)/b10-9+,15-11+,17-12+,22-19+,29-13+,30-14+,31-16+,33-18-/t35-,39+,40+/m1/s1. The topological polar surface area (TPSA) is 138 Å². The predicted molar refractivity (Wildman–Crippen MR) is 195 cm³/mol. The van der Waals surface area contributed by atoms with Crippen molar-refractivity contribution in [2.45, 2.75) is 87.2 Å². The number of carbonyl (C=O) groups excluding carboxylic acids is 2. The van der Waals surface area contributed by atoms with Gasteiger partial charge in [0.05, 0.1) is 12.7 Å². The molecule has 0 radical (unpaired) electrons. The Hall–Kier alpha value is -3.65. The third-order valence-electron chi connectivity index (χ3n) is 9.22. The minimum Gasteiger partial charge on any atom is -0.396 e. The second-order valence-corrected chi connectivity index (χ2v) is 15.2. The van der Waals surface area contributed by atoms with Gasteiger partial charge in [0.1, 0.15) is 5.78 Å². The Labute approximate surface area is 293 Å². The lowest BCUT2D eigenvalue weighted by molar-refractivity contribution is -0.130. The first-order valence-corrected chi connectivity index (χ1v) is 17.7. The third-order valence-corrected chi connectivity index (χ3v) is 9.73. The van der Waals surface area contributed by atoms with E-state index in [1.807, 2.05) is 96.2 Å². The number of ketones is 2. The van der Waals surface area contributed by atoms with Crippen LogP contribution in [-0.4, -0.2) is 54.1 Å². The van der Waals surface area contributed by atoms with Gasteiger partial charge in [0.2, 0.25) is 0 Å². The average molecular weight is 693 g/mol. The van der Waals surface area contributed by atoms with Gasteiger partial charge >= 0.3 is 10.4 Å². The summed E-state index contributed by atoms with van der Waals surface area (Å²) in [5, 5.41) is 19.7. The van der Waals surface area contributed by atoms with Gasteiger partial charge in [0, 0.05) is 46.8 Å². The van der Waals surface area contributed by atoms with Crippen LogP contribution in [0.1, 0.15) is 81.1 Å². The minimum absolute atomic E-state index is 0.00541. The summed E-state index contributed by atoms with van der Waals surface area (Å²) in [5.74, 6) is 6.05. The van der Waals surface area contributed by atoms with E-state index in [1.165, 1.54) is 6.08 Å². The Balaban J connectivity index is 1.98. The van der Waals surface area contributed by atoms with Gasteiger partial charge in [-0.25, -0.2) is 4.18 Å². The van der Waals surface area contributed by atoms with Gasteiger partial charge in [-0.3, -0.25) is 14.1 Å². The van der Waals surface area contributed by atoms with Crippen LogP contribution in [0.5, 0.6) is 0 Å². The minimum atomic E-state index is -4.54. The molecular weight excluding hydrogens is 640 g/mol. The van der Waals surface area contributed by atoms with Crippen molar-refractivity contribution in [1.29, 1.82) is 0 Å². The molecule has 8 nitrogen and oxygen atoms in total. The number of hydrogen-bond acceptors (Lipinski definition) is 7. The number of aliphatic hydroxyl groups excluding tert-OH is 2. The summed E-state index contributed by atoms with van der Waals surface area (Å²) >= 11 is 0. The highest BCUT2D eigenvalue weighted by molar-refractivity contribution is 7.80. The summed E-state index contributed by atoms with van der Waals surface area (Å²) < 4.78 is 36.2. The summed E-state index contributed by atoms with van der Waals surface area (Å²) in [6.07, 6.45) is 22.7. The van der Waals surface area contributed by atoms with Gasteiger partial charge in [0.15, 0.2) is 5.78 Å². The van der Waals surface area contributed by atoms with Crippen molar-refractivity contribution in [3.8, 4) is 11.8 Å². The van der Waals surface area contributed by atoms with Gasteiger partial charge < -0.3 is 10.2 Å². The lowest BCUT2D eigenvalue weighted by Gasteiger charge is -2.36. The van der Waals surface area contributed by atoms with Gasteiger partial charge in [-0.1, -0.05) is 123 Å². The fraction of sp³-hybridized carbons (Fsp3) is 0.450. The molecule has 0 aromatic carbocycles. The monoisotopic (exact) mass is 692 g/mol. The highest BCUT2D eigenvalue weighted by atomic mass is 32.3. The van der Waals surface area contributed by atoms with E-state index < -0.39 is 32.7 Å². The van der Waals surface area contributed by atoms with E-state index in [9.17, 15) is 28.2 Å². The SMILES string of the molecule is CC1=C(C#C/C(=C/C=C/C(C)=C/C=C/C=C(C)/C=C/C=C(C)/C=C/C(=O)[C@]2(C)CC(=O)C[C@@]2(C)CO)CO)C(C)(C)C[C@H](OS(=O)(=O)O)C1. The molecule has 2 aliphatic rings. The van der Waals surface area contributed by atoms with Crippen molar-refractivity contribution in [1.82, 2.24) is 0 Å². The van der Waals surface area contributed by atoms with Gasteiger partial charge in [0.25, 0.3) is 0 Å². The Bertz CT molecular complexity index is 1710. The highest BCUT2D eigenvalue weighted by Gasteiger charge is 2.55. The van der Waals surface area contributed by atoms with E-state index in [0.29, 0.717) is 18.4 Å². The number of hydrogen-bond donors (Lipinski definition) is 3. The molecule has 266 valence electrons. The number of rotatable bonds is 13. The Morgan fingerprint density at radius 1 is 0.878 bits per heavy atom. The maximum absolute atomic E-state index is 13.0. The normalized spacial score (nSPS) is 26.1. The summed E-state index contributed by atoms with van der Waals surface area (Å²) in [4.78, 5) is 25.0. The molecule has 3 N–H and O–H groups in total. The van der Waals surface area contributed by atoms with E-state index in [-0.39, 0.29) is 37.6 Å². The quantitative estimate of drug-likeness (QED) is 0.0796. The van der Waals surface area contributed by atoms with Crippen LogP contribution in [0.15, 0.2) is 106 Å². The average Bonchev–Trinajstić information content (AvgIpc) is 3.23. The highest BCUT2D eigenvalue weighted by Crippen LogP contribution is 2.51. The molecule has 49 heavy (non-hydrogen) atoms. The largest absolute Gasteiger partial charge is 0.397 e. The van der Waals surface area contributed by atoms with Crippen molar-refractivity contribution < 1.29 is 37.0 Å². The molecule has 9 heteroatoms. The smallest absolute Gasteiger partial charge is 0.396 e. The Morgan fingerprint density at radius 2 is 1.43 bits per heavy atom. The van der Waals surface area contributed by atoms with Crippen LogP contribution >= 0.6 is 0 Å². The molecule has 0 amide bonds. The fourth-order valence-electron chi connectivity index (χ4n) is 6.11. The van der Waals surface area contributed by atoms with Crippen molar-refractivity contribution in [2.75, 3.05) is 13.2 Å². The molecule has 3 atom stereocenters. The van der Waals surface area contributed by atoms with E-state index in [4.69, 9.17) is 8.74 Å². The molecular formula is C40H52O8S. The van der Waals surface area contributed by atoms with Gasteiger partial charge in [-0.05, 0) is 52.7 Å². The Morgan fingerprint density at radius 3 is 1.96 bits per heavy atom. The summed E-state index contributed by atoms with van der Waals surface area (Å²) in [6.45, 7) is 14.7. The van der Waals surface area contributed by atoms with Gasteiger partial charge in [-0.2, -0.15) is 8.42 Å². The maximum Gasteiger partial charge on any atom is 0.397 e. The molecule has 2 rings (SSSR count). The first-order chi connectivity index (χ1) is 22.7. The van der Waals surface area contributed by atoms with Crippen molar-refractivity contribution in [3.05, 3.63) is 106 Å². The molecule has 2 aliphatic carbocycles. The number of allylic oxidation sites excluding steroid dienone is 16. The fourth-order valence-corrected chi connectivity index (χ4v) is 6.59. The van der Waals surface area contributed by atoms with Crippen molar-refractivity contribution in [3.63, 3.8) is 0 Å².